The van der Waals surface area contributed by atoms with Crippen molar-refractivity contribution in [3.05, 3.63) is 95.3 Å². The third-order valence-electron chi connectivity index (χ3n) is 17.8. The van der Waals surface area contributed by atoms with E-state index < -0.39 is 107 Å². The Hall–Kier alpha value is -8.19. The number of nitrogens with zero attached hydrogens (tertiary/aromatic N) is 4. The van der Waals surface area contributed by atoms with Crippen molar-refractivity contribution in [2.45, 2.75) is 188 Å². The Labute approximate surface area is 536 Å². The second-order valence-corrected chi connectivity index (χ2v) is 26.3. The summed E-state index contributed by atoms with van der Waals surface area (Å²) in [6.07, 6.45) is 8.45. The minimum atomic E-state index is -1.33. The molecule has 6 N–H and O–H groups in total. The van der Waals surface area contributed by atoms with E-state index in [4.69, 9.17) is 33.7 Å². The minimum absolute atomic E-state index is 0.0222. The molecule has 1 saturated carbocycles. The zero-order chi connectivity index (χ0) is 66.4. The van der Waals surface area contributed by atoms with Crippen molar-refractivity contribution in [2.75, 3.05) is 26.3 Å². The lowest BCUT2D eigenvalue weighted by Gasteiger charge is -2.41. The number of nitrogens with one attached hydrogen (secondary N) is 6. The maximum atomic E-state index is 14.1. The molecule has 92 heavy (non-hydrogen) atoms. The molecule has 0 unspecified atom stereocenters. The standard InChI is InChI=1S/C35H45N5O7.C33H43N5O7/c1-20(2)30-32(43)37-22(4)33(44)40-18-6-7-28(39-40)31(42)36-21(3)27-11-10-25-9-8-24(19-29(25)38-27)12-15-35(34(45)47-30)16-13-26(14-17-35)46-23(5)41;1-19(2)27-29(40)35-21(4)30(41)38-15-7-8-25(37-38)28(39)34-20(3)24-12-11-23-10-9-22(16-26(23)36-24)13-14-33(31(42)45-27)17-43-32(5,6)44-18-33/h8-12,15,19-22,26,28,30,39H,6-7,13-14,16-18H2,1-5H3,(H,36,42)(H,37,43);9-14,16,19-21,25,27,37H,7-8,15,17-18H2,1-6H3,(H,34,39)(H,35,40)/b15-12+;14-13+/t21-,22+,26?,28+,30+,35?;20-,21+,25+,27+/m11/s1. The molecule has 6 amide bonds. The molecule has 6 aliphatic rings. The fourth-order valence-electron chi connectivity index (χ4n) is 12.0. The van der Waals surface area contributed by atoms with Crippen LogP contribution >= 0.6 is 0 Å². The number of hydrogen-bond acceptors (Lipinski definition) is 18. The van der Waals surface area contributed by atoms with Crippen LogP contribution in [0.3, 0.4) is 0 Å². The van der Waals surface area contributed by atoms with Crippen LogP contribution in [0.5, 0.6) is 0 Å². The molecule has 0 radical (unpaired) electrons. The van der Waals surface area contributed by atoms with Crippen LogP contribution in [0.2, 0.25) is 0 Å². The third kappa shape index (κ3) is 16.2. The number of ether oxygens (including phenoxy) is 5. The van der Waals surface area contributed by atoms with Crippen LogP contribution < -0.4 is 32.1 Å². The van der Waals surface area contributed by atoms with E-state index in [1.165, 1.54) is 16.9 Å². The Bertz CT molecular complexity index is 3510. The van der Waals surface area contributed by atoms with E-state index in [1.54, 1.807) is 67.5 Å². The monoisotopic (exact) mass is 1270 g/mol. The molecule has 24 nitrogen and oxygen atoms in total. The summed E-state index contributed by atoms with van der Waals surface area (Å²) in [7, 11) is 0. The number of esters is 3. The SMILES string of the molecule is CC(=O)OC1CCC2(/C=C/c3ccc4ccc(nc4c3)[C@@H](C)NC(=O)[C@@H]3CCCN(N3)C(=O)[C@H](C)NC(=O)[C@H](C(C)C)OC2=O)CC1.CC(C)[C@@H]1OC(=O)C2(/C=C/c3ccc4ccc(nc4c3)[C@@H](C)NC(=O)[C@@H]3CCCN(N3)C(=O)[C@H](C)NC1=O)COC(C)(C)OC2. The van der Waals surface area contributed by atoms with Crippen LogP contribution in [0, 0.1) is 22.7 Å². The van der Waals surface area contributed by atoms with Crippen molar-refractivity contribution in [2.24, 2.45) is 22.7 Å². The molecule has 2 aromatic heterocycles. The summed E-state index contributed by atoms with van der Waals surface area (Å²) in [4.78, 5) is 130. The fourth-order valence-corrected chi connectivity index (χ4v) is 12.0. The van der Waals surface area contributed by atoms with Gasteiger partial charge in [-0.1, -0.05) is 88.4 Å². The summed E-state index contributed by atoms with van der Waals surface area (Å²) in [6, 6.07) is 15.3. The second kappa shape index (κ2) is 28.8. The first kappa shape index (κ1) is 68.2. The van der Waals surface area contributed by atoms with E-state index in [2.05, 4.69) is 32.1 Å². The van der Waals surface area contributed by atoms with Gasteiger partial charge in [0.25, 0.3) is 23.6 Å². The lowest BCUT2D eigenvalue weighted by atomic mass is 9.72. The lowest BCUT2D eigenvalue weighted by molar-refractivity contribution is -0.277. The van der Waals surface area contributed by atoms with Crippen molar-refractivity contribution in [3.8, 4) is 0 Å². The van der Waals surface area contributed by atoms with E-state index in [9.17, 15) is 43.2 Å². The Balaban J connectivity index is 0.000000218. The molecule has 10 bridgehead atoms. The third-order valence-corrected chi connectivity index (χ3v) is 17.8. The van der Waals surface area contributed by atoms with Crippen molar-refractivity contribution >= 4 is 87.3 Å². The number of amides is 6. The molecule has 4 aromatic rings. The molecule has 7 heterocycles. The van der Waals surface area contributed by atoms with Gasteiger partial charge in [-0.15, -0.1) is 0 Å². The topological polar surface area (TPSA) is 304 Å². The number of hydrazine groups is 2. The average molecular weight is 1270 g/mol. The summed E-state index contributed by atoms with van der Waals surface area (Å²) in [5, 5.41) is 16.1. The number of rotatable bonds is 3. The van der Waals surface area contributed by atoms with Gasteiger partial charge in [0.2, 0.25) is 11.8 Å². The van der Waals surface area contributed by atoms with E-state index in [1.807, 2.05) is 86.7 Å². The van der Waals surface area contributed by atoms with Crippen molar-refractivity contribution in [1.82, 2.24) is 52.1 Å². The van der Waals surface area contributed by atoms with Crippen molar-refractivity contribution < 1.29 is 66.8 Å². The second-order valence-electron chi connectivity index (χ2n) is 26.3. The Morgan fingerprint density at radius 3 is 1.38 bits per heavy atom. The number of cyclic esters (lactones) is 2. The summed E-state index contributed by atoms with van der Waals surface area (Å²) < 4.78 is 29.1. The van der Waals surface area contributed by atoms with Gasteiger partial charge >= 0.3 is 17.9 Å². The molecular formula is C68H88N10O14. The molecule has 10 rings (SSSR count). The fraction of sp³-hybridized carbons (Fsp3) is 0.544. The molecule has 3 saturated heterocycles. The van der Waals surface area contributed by atoms with Gasteiger partial charge in [0, 0.05) is 30.8 Å². The quantitative estimate of drug-likeness (QED) is 0.0972. The minimum Gasteiger partial charge on any atom is -0.463 e. The van der Waals surface area contributed by atoms with Crippen LogP contribution in [0.4, 0.5) is 0 Å². The van der Waals surface area contributed by atoms with Gasteiger partial charge < -0.3 is 45.0 Å². The molecule has 8 atom stereocenters. The highest BCUT2D eigenvalue weighted by molar-refractivity contribution is 5.94. The van der Waals surface area contributed by atoms with Crippen LogP contribution in [0.1, 0.15) is 162 Å². The van der Waals surface area contributed by atoms with Crippen molar-refractivity contribution in [1.29, 1.82) is 0 Å². The molecule has 494 valence electrons. The van der Waals surface area contributed by atoms with Gasteiger partial charge in [0.15, 0.2) is 18.0 Å². The molecule has 2 spiro atoms. The van der Waals surface area contributed by atoms with E-state index in [0.29, 0.717) is 81.4 Å². The number of fused-ring (bicyclic) bond motifs is 8. The molecule has 1 aliphatic carbocycles. The van der Waals surface area contributed by atoms with Gasteiger partial charge in [-0.25, -0.2) is 10.9 Å². The average Bonchev–Trinajstić information content (AvgIpc) is 0.872. The predicted octanol–water partition coefficient (Wildman–Crippen LogP) is 6.28. The molecule has 4 fully saturated rings. The molecular weight excluding hydrogens is 1180 g/mol. The van der Waals surface area contributed by atoms with Crippen molar-refractivity contribution in [3.63, 3.8) is 0 Å². The maximum Gasteiger partial charge on any atom is 0.321 e. The van der Waals surface area contributed by atoms with Gasteiger partial charge in [0.1, 0.15) is 35.7 Å². The first-order valence-electron chi connectivity index (χ1n) is 32.1. The smallest absolute Gasteiger partial charge is 0.321 e. The van der Waals surface area contributed by atoms with E-state index in [-0.39, 0.29) is 43.0 Å². The van der Waals surface area contributed by atoms with Gasteiger partial charge in [-0.2, -0.15) is 0 Å². The number of hydrogen-bond donors (Lipinski definition) is 6. The summed E-state index contributed by atoms with van der Waals surface area (Å²) in [5.74, 6) is -5.77. The summed E-state index contributed by atoms with van der Waals surface area (Å²) >= 11 is 0. The zero-order valence-electron chi connectivity index (χ0n) is 54.4. The van der Waals surface area contributed by atoms with Gasteiger partial charge in [-0.3, -0.25) is 63.1 Å². The van der Waals surface area contributed by atoms with Crippen LogP contribution in [0.25, 0.3) is 34.0 Å². The first-order chi connectivity index (χ1) is 43.6. The molecule has 5 aliphatic heterocycles. The molecule has 2 aromatic carbocycles. The van der Waals surface area contributed by atoms with E-state index >= 15 is 0 Å². The maximum absolute atomic E-state index is 14.1. The number of benzene rings is 2. The normalized spacial score (nSPS) is 28.2. The highest BCUT2D eigenvalue weighted by Gasteiger charge is 2.48. The number of aromatic nitrogens is 2. The summed E-state index contributed by atoms with van der Waals surface area (Å²) in [5.41, 5.74) is 8.06. The highest BCUT2D eigenvalue weighted by Crippen LogP contribution is 2.42. The highest BCUT2D eigenvalue weighted by atomic mass is 16.7. The van der Waals surface area contributed by atoms with Crippen LogP contribution in [0.15, 0.2) is 72.8 Å². The Morgan fingerprint density at radius 1 is 0.554 bits per heavy atom. The summed E-state index contributed by atoms with van der Waals surface area (Å²) in [6.45, 7) is 19.5. The Kier molecular flexibility index (Phi) is 21.3. The van der Waals surface area contributed by atoms with Crippen LogP contribution in [-0.4, -0.2) is 148 Å². The lowest BCUT2D eigenvalue weighted by Crippen LogP contribution is -2.61. The predicted molar refractivity (Wildman–Crippen MR) is 340 cm³/mol. The largest absolute Gasteiger partial charge is 0.463 e. The molecule has 24 heteroatoms. The number of carbonyl (C=O) groups is 9. The Morgan fingerprint density at radius 2 is 0.957 bits per heavy atom. The van der Waals surface area contributed by atoms with E-state index in [0.717, 1.165) is 27.4 Å². The van der Waals surface area contributed by atoms with Gasteiger partial charge in [-0.05, 0) is 140 Å². The van der Waals surface area contributed by atoms with Gasteiger partial charge in [0.05, 0.1) is 53.1 Å². The van der Waals surface area contributed by atoms with Crippen LogP contribution in [-0.2, 0) is 66.8 Å². The number of pyridine rings is 2. The number of carbonyl (C=O) groups excluding carboxylic acids is 9. The first-order valence-corrected chi connectivity index (χ1v) is 32.1. The zero-order valence-corrected chi connectivity index (χ0v) is 54.4.